The molecule has 6 heteroatoms. The number of rotatable bonds is 4. The molecule has 0 bridgehead atoms. The van der Waals surface area contributed by atoms with Crippen molar-refractivity contribution in [2.24, 2.45) is 0 Å². The maximum atomic E-state index is 12.0. The molecule has 1 aliphatic carbocycles. The summed E-state index contributed by atoms with van der Waals surface area (Å²) < 4.78 is 1.57. The Morgan fingerprint density at radius 3 is 2.81 bits per heavy atom. The molecule has 1 fully saturated rings. The van der Waals surface area contributed by atoms with Gasteiger partial charge in [0, 0.05) is 12.7 Å². The Balaban J connectivity index is 1.70. The number of carbonyl (C=O) groups is 1. The van der Waals surface area contributed by atoms with Gasteiger partial charge in [0.25, 0.3) is 5.91 Å². The molecule has 21 heavy (non-hydrogen) atoms. The average Bonchev–Trinajstić information content (AvgIpc) is 2.93. The number of amides is 1. The van der Waals surface area contributed by atoms with Gasteiger partial charge in [-0.2, -0.15) is 5.10 Å². The van der Waals surface area contributed by atoms with Crippen LogP contribution in [0.2, 0.25) is 0 Å². The van der Waals surface area contributed by atoms with E-state index in [4.69, 9.17) is 5.73 Å². The Bertz CT molecular complexity index is 661. The number of aromatic nitrogens is 2. The number of nitrogens with one attached hydrogen (secondary N) is 1. The molecule has 6 nitrogen and oxygen atoms in total. The van der Waals surface area contributed by atoms with Crippen molar-refractivity contribution in [2.45, 2.75) is 24.9 Å². The molecule has 3 rings (SSSR count). The smallest absolute Gasteiger partial charge is 0.271 e. The average molecular weight is 286 g/mol. The third-order valence-corrected chi connectivity index (χ3v) is 3.87. The van der Waals surface area contributed by atoms with Gasteiger partial charge in [-0.25, -0.2) is 4.68 Å². The van der Waals surface area contributed by atoms with E-state index in [1.165, 1.54) is 0 Å². The van der Waals surface area contributed by atoms with E-state index in [9.17, 15) is 9.90 Å². The Hall–Kier alpha value is -2.34. The van der Waals surface area contributed by atoms with E-state index in [0.29, 0.717) is 11.4 Å². The molecule has 0 atom stereocenters. The van der Waals surface area contributed by atoms with Crippen molar-refractivity contribution in [3.8, 4) is 5.69 Å². The molecule has 1 saturated carbocycles. The van der Waals surface area contributed by atoms with Gasteiger partial charge in [0.2, 0.25) is 0 Å². The van der Waals surface area contributed by atoms with Crippen molar-refractivity contribution in [1.82, 2.24) is 15.1 Å². The van der Waals surface area contributed by atoms with Gasteiger partial charge in [0.15, 0.2) is 5.69 Å². The summed E-state index contributed by atoms with van der Waals surface area (Å²) >= 11 is 0. The van der Waals surface area contributed by atoms with Crippen LogP contribution in [0.25, 0.3) is 5.69 Å². The number of benzene rings is 1. The maximum Gasteiger partial charge on any atom is 0.271 e. The Morgan fingerprint density at radius 1 is 1.38 bits per heavy atom. The minimum Gasteiger partial charge on any atom is -0.397 e. The third kappa shape index (κ3) is 2.75. The van der Waals surface area contributed by atoms with Gasteiger partial charge in [-0.3, -0.25) is 4.79 Å². The zero-order valence-electron chi connectivity index (χ0n) is 11.6. The first-order valence-electron chi connectivity index (χ1n) is 6.99. The van der Waals surface area contributed by atoms with Crippen molar-refractivity contribution in [3.63, 3.8) is 0 Å². The van der Waals surface area contributed by atoms with Crippen molar-refractivity contribution in [1.29, 1.82) is 0 Å². The van der Waals surface area contributed by atoms with E-state index in [2.05, 4.69) is 10.4 Å². The lowest BCUT2D eigenvalue weighted by Crippen LogP contribution is -2.47. The summed E-state index contributed by atoms with van der Waals surface area (Å²) in [7, 11) is 0. The molecular weight excluding hydrogens is 268 g/mol. The van der Waals surface area contributed by atoms with Gasteiger partial charge in [-0.1, -0.05) is 12.1 Å². The fraction of sp³-hybridized carbons (Fsp3) is 0.333. The molecule has 1 aromatic carbocycles. The number of hydrogen-bond acceptors (Lipinski definition) is 4. The van der Waals surface area contributed by atoms with Crippen LogP contribution in [-0.4, -0.2) is 32.9 Å². The first-order chi connectivity index (χ1) is 10.1. The first-order valence-corrected chi connectivity index (χ1v) is 6.99. The van der Waals surface area contributed by atoms with Gasteiger partial charge >= 0.3 is 0 Å². The second-order valence-corrected chi connectivity index (χ2v) is 5.46. The Kier molecular flexibility index (Phi) is 3.39. The monoisotopic (exact) mass is 286 g/mol. The fourth-order valence-electron chi connectivity index (χ4n) is 2.37. The van der Waals surface area contributed by atoms with Gasteiger partial charge in [0.1, 0.15) is 0 Å². The summed E-state index contributed by atoms with van der Waals surface area (Å²) in [5.41, 5.74) is 6.78. The zero-order chi connectivity index (χ0) is 14.9. The Labute approximate surface area is 122 Å². The van der Waals surface area contributed by atoms with Crippen molar-refractivity contribution in [3.05, 3.63) is 42.2 Å². The van der Waals surface area contributed by atoms with Crippen LogP contribution >= 0.6 is 0 Å². The number of aliphatic hydroxyl groups is 1. The quantitative estimate of drug-likeness (QED) is 0.734. The van der Waals surface area contributed by atoms with Crippen LogP contribution < -0.4 is 11.1 Å². The van der Waals surface area contributed by atoms with Crippen LogP contribution in [0.1, 0.15) is 29.8 Å². The number of hydrogen-bond donors (Lipinski definition) is 3. The normalized spacial score (nSPS) is 16.2. The summed E-state index contributed by atoms with van der Waals surface area (Å²) in [6.45, 7) is 0.270. The molecule has 0 aliphatic heterocycles. The van der Waals surface area contributed by atoms with Crippen molar-refractivity contribution >= 4 is 11.6 Å². The lowest BCUT2D eigenvalue weighted by Gasteiger charge is -2.36. The van der Waals surface area contributed by atoms with E-state index in [1.807, 2.05) is 18.2 Å². The second-order valence-electron chi connectivity index (χ2n) is 5.46. The van der Waals surface area contributed by atoms with E-state index in [-0.39, 0.29) is 12.5 Å². The minimum absolute atomic E-state index is 0.270. The minimum atomic E-state index is -0.734. The van der Waals surface area contributed by atoms with Crippen LogP contribution in [0.15, 0.2) is 36.5 Å². The summed E-state index contributed by atoms with van der Waals surface area (Å²) in [6, 6.07) is 8.95. The third-order valence-electron chi connectivity index (χ3n) is 3.87. The Morgan fingerprint density at radius 2 is 2.14 bits per heavy atom. The molecule has 0 spiro atoms. The van der Waals surface area contributed by atoms with Gasteiger partial charge in [0.05, 0.1) is 17.0 Å². The molecule has 2 aromatic rings. The summed E-state index contributed by atoms with van der Waals surface area (Å²) in [4.78, 5) is 12.0. The topological polar surface area (TPSA) is 93.2 Å². The molecule has 0 saturated heterocycles. The molecule has 1 amide bonds. The number of nitrogens with two attached hydrogens (primary N) is 1. The number of carbonyl (C=O) groups excluding carboxylic acids is 1. The standard InChI is InChI=1S/C15H18N4O2/c16-11-4-1-2-5-13(11)19-9-6-12(18-19)14(20)17-10-15(21)7-3-8-15/h1-2,4-6,9,21H,3,7-8,10,16H2,(H,17,20). The molecule has 1 aromatic heterocycles. The van der Waals surface area contributed by atoms with Crippen LogP contribution in [0.4, 0.5) is 5.69 Å². The predicted molar refractivity (Wildman–Crippen MR) is 79.1 cm³/mol. The number of anilines is 1. The molecule has 1 aliphatic rings. The highest BCUT2D eigenvalue weighted by atomic mass is 16.3. The fourth-order valence-corrected chi connectivity index (χ4v) is 2.37. The highest BCUT2D eigenvalue weighted by Crippen LogP contribution is 2.30. The molecule has 1 heterocycles. The summed E-state index contributed by atoms with van der Waals surface area (Å²) in [6.07, 6.45) is 4.18. The van der Waals surface area contributed by atoms with Crippen LogP contribution in [0.3, 0.4) is 0 Å². The summed E-state index contributed by atoms with van der Waals surface area (Å²) in [5, 5.41) is 16.9. The van der Waals surface area contributed by atoms with Gasteiger partial charge in [-0.05, 0) is 37.5 Å². The number of nitrogens with zero attached hydrogens (tertiary/aromatic N) is 2. The van der Waals surface area contributed by atoms with Gasteiger partial charge in [-0.15, -0.1) is 0 Å². The predicted octanol–water partition coefficient (Wildman–Crippen LogP) is 1.10. The van der Waals surface area contributed by atoms with Crippen molar-refractivity contribution in [2.75, 3.05) is 12.3 Å². The van der Waals surface area contributed by atoms with Gasteiger partial charge < -0.3 is 16.2 Å². The van der Waals surface area contributed by atoms with E-state index >= 15 is 0 Å². The van der Waals surface area contributed by atoms with Crippen molar-refractivity contribution < 1.29 is 9.90 Å². The lowest BCUT2D eigenvalue weighted by molar-refractivity contribution is -0.0300. The number of nitrogen functional groups attached to an aromatic ring is 1. The van der Waals surface area contributed by atoms with Crippen LogP contribution in [-0.2, 0) is 0 Å². The lowest BCUT2D eigenvalue weighted by atomic mass is 9.80. The highest BCUT2D eigenvalue weighted by Gasteiger charge is 2.34. The molecule has 0 radical (unpaired) electrons. The van der Waals surface area contributed by atoms with E-state index < -0.39 is 5.60 Å². The highest BCUT2D eigenvalue weighted by molar-refractivity contribution is 5.92. The van der Waals surface area contributed by atoms with Crippen LogP contribution in [0, 0.1) is 0 Å². The maximum absolute atomic E-state index is 12.0. The molecule has 110 valence electrons. The SMILES string of the molecule is Nc1ccccc1-n1ccc(C(=O)NCC2(O)CCC2)n1. The molecule has 0 unspecified atom stereocenters. The number of para-hydroxylation sites is 2. The molecular formula is C15H18N4O2. The van der Waals surface area contributed by atoms with E-state index in [0.717, 1.165) is 24.9 Å². The first kappa shape index (κ1) is 13.6. The largest absolute Gasteiger partial charge is 0.397 e. The zero-order valence-corrected chi connectivity index (χ0v) is 11.6. The van der Waals surface area contributed by atoms with E-state index in [1.54, 1.807) is 23.0 Å². The summed E-state index contributed by atoms with van der Waals surface area (Å²) in [5.74, 6) is -0.288. The van der Waals surface area contributed by atoms with Crippen LogP contribution in [0.5, 0.6) is 0 Å². The second kappa shape index (κ2) is 5.21. The molecule has 4 N–H and O–H groups in total.